The number of nitrogens with two attached hydrogens (primary N) is 1. The fourth-order valence-electron chi connectivity index (χ4n) is 2.82. The van der Waals surface area contributed by atoms with Crippen molar-refractivity contribution in [2.45, 2.75) is 18.9 Å². The molecule has 0 fully saturated rings. The minimum Gasteiger partial charge on any atom is -0.481 e. The zero-order valence-corrected chi connectivity index (χ0v) is 16.1. The predicted molar refractivity (Wildman–Crippen MR) is 115 cm³/mol. The molecule has 0 aliphatic carbocycles. The number of hydrogen-bond acceptors (Lipinski definition) is 5. The van der Waals surface area contributed by atoms with E-state index in [1.54, 1.807) is 0 Å². The van der Waals surface area contributed by atoms with Gasteiger partial charge in [0.05, 0.1) is 22.4 Å². The van der Waals surface area contributed by atoms with Gasteiger partial charge in [-0.15, -0.1) is 0 Å². The number of pyridine rings is 2. The van der Waals surface area contributed by atoms with Gasteiger partial charge in [-0.1, -0.05) is 48.5 Å². The molecule has 0 aliphatic rings. The lowest BCUT2D eigenvalue weighted by atomic mass is 10.1. The Morgan fingerprint density at radius 2 is 1.23 bits per heavy atom. The lowest BCUT2D eigenvalue weighted by Gasteiger charge is -2.04. The Bertz CT molecular complexity index is 1120. The van der Waals surface area contributed by atoms with Crippen LogP contribution in [-0.4, -0.2) is 38.2 Å². The van der Waals surface area contributed by atoms with E-state index in [4.69, 9.17) is 15.9 Å². The van der Waals surface area contributed by atoms with E-state index in [2.05, 4.69) is 34.2 Å². The van der Waals surface area contributed by atoms with Gasteiger partial charge in [-0.2, -0.15) is 0 Å². The number of fused-ring (bicyclic) bond motifs is 2. The van der Waals surface area contributed by atoms with Crippen molar-refractivity contribution in [1.82, 2.24) is 9.97 Å². The van der Waals surface area contributed by atoms with E-state index in [0.717, 1.165) is 33.2 Å². The molecule has 2 aromatic carbocycles. The molecule has 4 N–H and O–H groups in total. The molecule has 0 bridgehead atoms. The van der Waals surface area contributed by atoms with Crippen LogP contribution in [0.2, 0.25) is 0 Å². The largest absolute Gasteiger partial charge is 0.481 e. The number of hydrogen-bond donors (Lipinski definition) is 3. The summed E-state index contributed by atoms with van der Waals surface area (Å²) in [5.74, 6) is -2.20. The monoisotopic (exact) mass is 403 g/mol. The first-order valence-corrected chi connectivity index (χ1v) is 9.36. The van der Waals surface area contributed by atoms with E-state index >= 15 is 0 Å². The van der Waals surface area contributed by atoms with Crippen LogP contribution in [0.5, 0.6) is 0 Å². The number of rotatable bonds is 5. The highest BCUT2D eigenvalue weighted by atomic mass is 16.4. The molecule has 30 heavy (non-hydrogen) atoms. The van der Waals surface area contributed by atoms with Crippen molar-refractivity contribution >= 4 is 33.7 Å². The first-order valence-electron chi connectivity index (χ1n) is 9.36. The van der Waals surface area contributed by atoms with Crippen molar-refractivity contribution in [1.29, 1.82) is 0 Å². The van der Waals surface area contributed by atoms with Crippen LogP contribution >= 0.6 is 0 Å². The average Bonchev–Trinajstić information content (AvgIpc) is 2.77. The molecule has 0 saturated heterocycles. The highest BCUT2D eigenvalue weighted by Crippen LogP contribution is 2.21. The third-order valence-corrected chi connectivity index (χ3v) is 4.45. The summed E-state index contributed by atoms with van der Waals surface area (Å²) in [5, 5.41) is 18.6. The Labute approximate surface area is 172 Å². The van der Waals surface area contributed by atoms with Crippen LogP contribution < -0.4 is 5.73 Å². The lowest BCUT2D eigenvalue weighted by molar-refractivity contribution is -0.139. The van der Waals surface area contributed by atoms with Gasteiger partial charge in [0.15, 0.2) is 0 Å². The van der Waals surface area contributed by atoms with Gasteiger partial charge in [-0.25, -0.2) is 9.97 Å². The maximum absolute atomic E-state index is 9.99. The van der Waals surface area contributed by atoms with Crippen LogP contribution in [-0.2, 0) is 9.59 Å². The molecule has 0 spiro atoms. The van der Waals surface area contributed by atoms with Crippen LogP contribution in [0.25, 0.3) is 33.2 Å². The fourth-order valence-corrected chi connectivity index (χ4v) is 2.82. The van der Waals surface area contributed by atoms with E-state index in [0.29, 0.717) is 0 Å². The number of carbonyl (C=O) groups is 2. The van der Waals surface area contributed by atoms with Crippen molar-refractivity contribution in [3.05, 3.63) is 72.8 Å². The minimum atomic E-state index is -1.17. The molecular weight excluding hydrogens is 382 g/mol. The molecule has 4 aromatic rings. The quantitative estimate of drug-likeness (QED) is 0.463. The third kappa shape index (κ3) is 5.36. The molecule has 7 nitrogen and oxygen atoms in total. The van der Waals surface area contributed by atoms with E-state index in [1.165, 1.54) is 0 Å². The minimum absolute atomic E-state index is 0.0231. The Kier molecular flexibility index (Phi) is 6.67. The Morgan fingerprint density at radius 3 is 1.67 bits per heavy atom. The van der Waals surface area contributed by atoms with Crippen molar-refractivity contribution in [3.63, 3.8) is 0 Å². The molecule has 4 rings (SSSR count). The van der Waals surface area contributed by atoms with Crippen molar-refractivity contribution in [2.24, 2.45) is 5.73 Å². The molecule has 152 valence electrons. The second-order valence-electron chi connectivity index (χ2n) is 6.66. The smallest absolute Gasteiger partial charge is 0.320 e. The molecule has 0 aliphatic heterocycles. The van der Waals surface area contributed by atoms with Crippen LogP contribution in [0.4, 0.5) is 0 Å². The van der Waals surface area contributed by atoms with E-state index in [1.807, 2.05) is 48.5 Å². The van der Waals surface area contributed by atoms with Crippen LogP contribution in [0.3, 0.4) is 0 Å². The second kappa shape index (κ2) is 9.58. The van der Waals surface area contributed by atoms with Crippen LogP contribution in [0, 0.1) is 0 Å². The number of carboxylic acids is 2. The molecule has 0 radical (unpaired) electrons. The summed E-state index contributed by atoms with van der Waals surface area (Å²) in [6.45, 7) is 0. The third-order valence-electron chi connectivity index (χ3n) is 4.45. The van der Waals surface area contributed by atoms with Gasteiger partial charge < -0.3 is 15.9 Å². The van der Waals surface area contributed by atoms with Gasteiger partial charge >= 0.3 is 11.9 Å². The van der Waals surface area contributed by atoms with Gasteiger partial charge in [0.2, 0.25) is 0 Å². The molecule has 1 atom stereocenters. The molecule has 7 heteroatoms. The highest BCUT2D eigenvalue weighted by molar-refractivity contribution is 5.84. The maximum atomic E-state index is 9.99. The normalized spacial score (nSPS) is 11.5. The van der Waals surface area contributed by atoms with Gasteiger partial charge in [-0.05, 0) is 30.7 Å². The number of carboxylic acid groups (broad SMARTS) is 2. The van der Waals surface area contributed by atoms with Gasteiger partial charge in [-0.3, -0.25) is 9.59 Å². The molecule has 2 aromatic heterocycles. The summed E-state index contributed by atoms with van der Waals surface area (Å²) >= 11 is 0. The van der Waals surface area contributed by atoms with Crippen LogP contribution in [0.15, 0.2) is 72.8 Å². The molecule has 0 amide bonds. The lowest BCUT2D eigenvalue weighted by Crippen LogP contribution is -2.30. The average molecular weight is 403 g/mol. The SMILES string of the molecule is N[C@@H](CCC(=O)O)C(=O)O.c1ccc2nc(-c3ccc4ccccc4n3)ccc2c1. The number of benzene rings is 2. The summed E-state index contributed by atoms with van der Waals surface area (Å²) in [4.78, 5) is 29.3. The molecular formula is C23H21N3O4. The topological polar surface area (TPSA) is 126 Å². The van der Waals surface area contributed by atoms with Gasteiger partial charge in [0.1, 0.15) is 6.04 Å². The number of para-hydroxylation sites is 2. The zero-order valence-electron chi connectivity index (χ0n) is 16.1. The number of aliphatic carboxylic acids is 2. The second-order valence-corrected chi connectivity index (χ2v) is 6.66. The maximum Gasteiger partial charge on any atom is 0.320 e. The summed E-state index contributed by atoms with van der Waals surface area (Å²) in [6, 6.07) is 23.4. The first kappa shape index (κ1) is 20.9. The fraction of sp³-hybridized carbons (Fsp3) is 0.130. The van der Waals surface area contributed by atoms with Crippen molar-refractivity contribution in [2.75, 3.05) is 0 Å². The summed E-state index contributed by atoms with van der Waals surface area (Å²) in [7, 11) is 0. The summed E-state index contributed by atoms with van der Waals surface area (Å²) in [6.07, 6.45) is -0.224. The van der Waals surface area contributed by atoms with E-state index in [9.17, 15) is 9.59 Å². The predicted octanol–water partition coefficient (Wildman–Crippen LogP) is 3.71. The highest BCUT2D eigenvalue weighted by Gasteiger charge is 2.12. The Balaban J connectivity index is 0.000000220. The summed E-state index contributed by atoms with van der Waals surface area (Å²) < 4.78 is 0. The van der Waals surface area contributed by atoms with E-state index < -0.39 is 18.0 Å². The summed E-state index contributed by atoms with van der Waals surface area (Å²) in [5.41, 5.74) is 8.82. The van der Waals surface area contributed by atoms with Gasteiger partial charge in [0, 0.05) is 17.2 Å². The van der Waals surface area contributed by atoms with Crippen molar-refractivity contribution in [3.8, 4) is 11.4 Å². The van der Waals surface area contributed by atoms with E-state index in [-0.39, 0.29) is 12.8 Å². The zero-order chi connectivity index (χ0) is 21.5. The first-order chi connectivity index (χ1) is 14.4. The molecule has 0 unspecified atom stereocenters. The van der Waals surface area contributed by atoms with Gasteiger partial charge in [0.25, 0.3) is 0 Å². The van der Waals surface area contributed by atoms with Crippen molar-refractivity contribution < 1.29 is 19.8 Å². The molecule has 0 saturated carbocycles. The number of aromatic nitrogens is 2. The Hall–Kier alpha value is -3.84. The standard InChI is InChI=1S/C18H12N2.C5H9NO4/c1-3-7-15-13(5-1)9-11-17(19-15)18-12-10-14-6-2-4-8-16(14)20-18;6-3(5(9)10)1-2-4(7)8/h1-12H;3H,1-2,6H2,(H,7,8)(H,9,10)/t;3-/m.0/s1. The molecule has 2 heterocycles. The number of nitrogens with zero attached hydrogens (tertiary/aromatic N) is 2. The van der Waals surface area contributed by atoms with Crippen LogP contribution in [0.1, 0.15) is 12.8 Å². The Morgan fingerprint density at radius 1 is 0.767 bits per heavy atom.